The highest BCUT2D eigenvalue weighted by Crippen LogP contribution is 2.25. The molecule has 1 unspecified atom stereocenters. The molecule has 3 N–H and O–H groups in total. The molecule has 0 aliphatic rings. The minimum atomic E-state index is -1.42. The van der Waals surface area contributed by atoms with Gasteiger partial charge in [0, 0.05) is 28.7 Å². The van der Waals surface area contributed by atoms with E-state index in [1.54, 1.807) is 49.4 Å². The number of nitrogen functional groups attached to an aromatic ring is 1. The van der Waals surface area contributed by atoms with Gasteiger partial charge in [0.1, 0.15) is 0 Å². The number of amides is 1. The smallest absolute Gasteiger partial charge is 0.221 e. The Bertz CT molecular complexity index is 770. The zero-order chi connectivity index (χ0) is 17.0. The van der Waals surface area contributed by atoms with Crippen LogP contribution in [0.1, 0.15) is 30.6 Å². The van der Waals surface area contributed by atoms with Crippen LogP contribution in [-0.4, -0.2) is 15.9 Å². The van der Waals surface area contributed by atoms with Crippen molar-refractivity contribution in [3.63, 3.8) is 0 Å². The molecule has 6 heteroatoms. The number of ketones is 1. The molecule has 0 bridgehead atoms. The Kier molecular flexibility index (Phi) is 5.28. The van der Waals surface area contributed by atoms with Crippen molar-refractivity contribution in [1.29, 1.82) is 0 Å². The average molecular weight is 330 g/mol. The highest BCUT2D eigenvalue weighted by Gasteiger charge is 2.11. The fourth-order valence-corrected chi connectivity index (χ4v) is 3.13. The van der Waals surface area contributed by atoms with E-state index in [1.165, 1.54) is 6.92 Å². The summed E-state index contributed by atoms with van der Waals surface area (Å²) in [5, 5.41) is 2.61. The van der Waals surface area contributed by atoms with Gasteiger partial charge in [-0.2, -0.15) is 0 Å². The summed E-state index contributed by atoms with van der Waals surface area (Å²) >= 11 is 0. The van der Waals surface area contributed by atoms with Crippen LogP contribution in [-0.2, 0) is 15.6 Å². The normalized spacial score (nSPS) is 11.7. The summed E-state index contributed by atoms with van der Waals surface area (Å²) in [7, 11) is -1.42. The van der Waals surface area contributed by atoms with Gasteiger partial charge in [-0.3, -0.25) is 9.59 Å². The zero-order valence-corrected chi connectivity index (χ0v) is 13.8. The second-order valence-electron chi connectivity index (χ2n) is 5.00. The summed E-state index contributed by atoms with van der Waals surface area (Å²) in [6.07, 6.45) is 0.431. The molecule has 1 amide bonds. The van der Waals surface area contributed by atoms with Crippen LogP contribution in [0.5, 0.6) is 0 Å². The molecule has 23 heavy (non-hydrogen) atoms. The van der Waals surface area contributed by atoms with Crippen LogP contribution in [0.3, 0.4) is 0 Å². The van der Waals surface area contributed by atoms with Gasteiger partial charge in [-0.1, -0.05) is 19.1 Å². The van der Waals surface area contributed by atoms with Crippen molar-refractivity contribution in [2.45, 2.75) is 30.1 Å². The third kappa shape index (κ3) is 4.04. The zero-order valence-electron chi connectivity index (χ0n) is 13.0. The Balaban J connectivity index is 2.29. The first-order valence-corrected chi connectivity index (χ1v) is 8.29. The lowest BCUT2D eigenvalue weighted by Gasteiger charge is -2.09. The second kappa shape index (κ2) is 7.19. The quantitative estimate of drug-likeness (QED) is 0.651. The lowest BCUT2D eigenvalue weighted by atomic mass is 10.1. The van der Waals surface area contributed by atoms with E-state index < -0.39 is 10.8 Å². The molecule has 0 fully saturated rings. The standard InChI is InChI=1S/C17H18N2O3S/c1-3-17(21)12-4-6-13(7-5-12)23(22)14-8-9-15(18)16(10-14)19-11(2)20/h4-10H,3,18H2,1-2H3,(H,19,20). The van der Waals surface area contributed by atoms with Crippen LogP contribution < -0.4 is 11.1 Å². The van der Waals surface area contributed by atoms with Crippen molar-refractivity contribution in [1.82, 2.24) is 0 Å². The molecular formula is C17H18N2O3S. The van der Waals surface area contributed by atoms with Crippen LogP contribution in [0.4, 0.5) is 11.4 Å². The summed E-state index contributed by atoms with van der Waals surface area (Å²) in [5.41, 5.74) is 7.23. The van der Waals surface area contributed by atoms with Crippen LogP contribution in [0.2, 0.25) is 0 Å². The number of nitrogens with two attached hydrogens (primary N) is 1. The maximum absolute atomic E-state index is 12.6. The van der Waals surface area contributed by atoms with E-state index in [1.807, 2.05) is 0 Å². The highest BCUT2D eigenvalue weighted by atomic mass is 32.2. The molecule has 0 aliphatic carbocycles. The number of nitrogens with one attached hydrogen (secondary N) is 1. The number of Topliss-reactive ketones (excluding diaryl/α,β-unsaturated/α-hetero) is 1. The number of hydrogen-bond acceptors (Lipinski definition) is 4. The van der Waals surface area contributed by atoms with Crippen LogP contribution in [0, 0.1) is 0 Å². The molecule has 0 spiro atoms. The molecular weight excluding hydrogens is 312 g/mol. The van der Waals surface area contributed by atoms with E-state index in [4.69, 9.17) is 5.73 Å². The monoisotopic (exact) mass is 330 g/mol. The van der Waals surface area contributed by atoms with E-state index in [9.17, 15) is 13.8 Å². The van der Waals surface area contributed by atoms with Crippen LogP contribution in [0.25, 0.3) is 0 Å². The van der Waals surface area contributed by atoms with Crippen molar-refractivity contribution in [3.8, 4) is 0 Å². The summed E-state index contributed by atoms with van der Waals surface area (Å²) in [4.78, 5) is 23.9. The summed E-state index contributed by atoms with van der Waals surface area (Å²) in [6.45, 7) is 3.18. The van der Waals surface area contributed by atoms with Crippen molar-refractivity contribution >= 4 is 33.9 Å². The van der Waals surface area contributed by atoms with Gasteiger partial charge in [-0.15, -0.1) is 0 Å². The van der Waals surface area contributed by atoms with Gasteiger partial charge >= 0.3 is 0 Å². The maximum Gasteiger partial charge on any atom is 0.221 e. The van der Waals surface area contributed by atoms with Crippen molar-refractivity contribution < 1.29 is 13.8 Å². The topological polar surface area (TPSA) is 89.3 Å². The number of benzene rings is 2. The first-order chi connectivity index (χ1) is 10.9. The van der Waals surface area contributed by atoms with Gasteiger partial charge in [0.25, 0.3) is 0 Å². The Morgan fingerprint density at radius 1 is 1.09 bits per heavy atom. The predicted octanol–water partition coefficient (Wildman–Crippen LogP) is 2.99. The van der Waals surface area contributed by atoms with Crippen molar-refractivity contribution in [3.05, 3.63) is 48.0 Å². The molecule has 5 nitrogen and oxygen atoms in total. The molecule has 2 aromatic carbocycles. The van der Waals surface area contributed by atoms with Crippen molar-refractivity contribution in [2.75, 3.05) is 11.1 Å². The Labute approximate surface area is 137 Å². The molecule has 0 saturated heterocycles. The van der Waals surface area contributed by atoms with Crippen LogP contribution >= 0.6 is 0 Å². The predicted molar refractivity (Wildman–Crippen MR) is 90.9 cm³/mol. The Hall–Kier alpha value is -2.47. The second-order valence-corrected chi connectivity index (χ2v) is 6.48. The van der Waals surface area contributed by atoms with Crippen molar-refractivity contribution in [2.24, 2.45) is 0 Å². The molecule has 1 atom stereocenters. The summed E-state index contributed by atoms with van der Waals surface area (Å²) in [5.74, 6) is -0.204. The SMILES string of the molecule is CCC(=O)c1ccc(S(=O)c2ccc(N)c(NC(C)=O)c2)cc1. The summed E-state index contributed by atoms with van der Waals surface area (Å²) in [6, 6.07) is 11.5. The molecule has 2 aromatic rings. The molecule has 2 rings (SSSR count). The number of carbonyl (C=O) groups is 2. The molecule has 0 heterocycles. The molecule has 0 radical (unpaired) electrons. The molecule has 120 valence electrons. The number of rotatable bonds is 5. The van der Waals surface area contributed by atoms with Gasteiger partial charge in [-0.25, -0.2) is 4.21 Å². The molecule has 0 saturated carbocycles. The lowest BCUT2D eigenvalue weighted by molar-refractivity contribution is -0.114. The first kappa shape index (κ1) is 16.9. The van der Waals surface area contributed by atoms with Gasteiger partial charge < -0.3 is 11.1 Å². The maximum atomic E-state index is 12.6. The average Bonchev–Trinajstić information content (AvgIpc) is 2.55. The van der Waals surface area contributed by atoms with E-state index >= 15 is 0 Å². The largest absolute Gasteiger partial charge is 0.397 e. The number of hydrogen-bond donors (Lipinski definition) is 2. The summed E-state index contributed by atoms with van der Waals surface area (Å²) < 4.78 is 12.6. The van der Waals surface area contributed by atoms with Gasteiger partial charge in [-0.05, 0) is 30.3 Å². The number of anilines is 2. The molecule has 0 aromatic heterocycles. The van der Waals surface area contributed by atoms with Gasteiger partial charge in [0.15, 0.2) is 5.78 Å². The van der Waals surface area contributed by atoms with Crippen LogP contribution in [0.15, 0.2) is 52.3 Å². The van der Waals surface area contributed by atoms with E-state index in [0.717, 1.165) is 0 Å². The van der Waals surface area contributed by atoms with Gasteiger partial charge in [0.05, 0.1) is 22.2 Å². The third-order valence-electron chi connectivity index (χ3n) is 3.26. The Morgan fingerprint density at radius 2 is 1.70 bits per heavy atom. The Morgan fingerprint density at radius 3 is 2.26 bits per heavy atom. The highest BCUT2D eigenvalue weighted by molar-refractivity contribution is 7.85. The minimum Gasteiger partial charge on any atom is -0.397 e. The van der Waals surface area contributed by atoms with E-state index in [2.05, 4.69) is 5.32 Å². The fraction of sp³-hybridized carbons (Fsp3) is 0.176. The van der Waals surface area contributed by atoms with Gasteiger partial charge in [0.2, 0.25) is 5.91 Å². The molecule has 0 aliphatic heterocycles. The third-order valence-corrected chi connectivity index (χ3v) is 4.64. The van der Waals surface area contributed by atoms with E-state index in [0.29, 0.717) is 33.2 Å². The lowest BCUT2D eigenvalue weighted by Crippen LogP contribution is -2.08. The van der Waals surface area contributed by atoms with E-state index in [-0.39, 0.29) is 11.7 Å². The number of carbonyl (C=O) groups excluding carboxylic acids is 2. The first-order valence-electron chi connectivity index (χ1n) is 7.14. The fourth-order valence-electron chi connectivity index (χ4n) is 2.05. The minimum absolute atomic E-state index is 0.0442.